The van der Waals surface area contributed by atoms with Gasteiger partial charge in [0.1, 0.15) is 0 Å². The fourth-order valence-electron chi connectivity index (χ4n) is 2.58. The maximum Gasteiger partial charge on any atom is 0.0594 e. The van der Waals surface area contributed by atoms with Gasteiger partial charge in [-0.15, -0.1) is 0 Å². The van der Waals surface area contributed by atoms with Crippen molar-refractivity contribution in [2.75, 3.05) is 73.6 Å². The van der Waals surface area contributed by atoms with Crippen LogP contribution in [0.4, 0.5) is 0 Å². The number of likely N-dealkylation sites (N-methyl/N-ethyl adjacent to an activating group) is 1. The van der Waals surface area contributed by atoms with Crippen LogP contribution >= 0.6 is 0 Å². The molecule has 0 amide bonds. The van der Waals surface area contributed by atoms with Crippen LogP contribution in [-0.4, -0.2) is 88.3 Å². The van der Waals surface area contributed by atoms with E-state index in [1.54, 1.807) is 0 Å². The highest BCUT2D eigenvalue weighted by Gasteiger charge is 2.03. The average Bonchev–Trinajstić information content (AvgIpc) is 2.93. The minimum atomic E-state index is 0.913. The number of nitrogens with zero attached hydrogens (tertiary/aromatic N) is 3. The van der Waals surface area contributed by atoms with Gasteiger partial charge in [-0.05, 0) is 73.0 Å². The maximum absolute atomic E-state index is 5.10. The van der Waals surface area contributed by atoms with E-state index in [1.807, 2.05) is 0 Å². The molecular weight excluding hydrogens is 250 g/mol. The van der Waals surface area contributed by atoms with Gasteiger partial charge in [0.15, 0.2) is 0 Å². The molecule has 4 heteroatoms. The van der Waals surface area contributed by atoms with E-state index in [0.717, 1.165) is 26.3 Å². The summed E-state index contributed by atoms with van der Waals surface area (Å²) in [4.78, 5) is 7.02. The average molecular weight is 285 g/mol. The molecule has 3 saturated heterocycles. The van der Waals surface area contributed by atoms with E-state index in [-0.39, 0.29) is 0 Å². The van der Waals surface area contributed by atoms with Crippen molar-refractivity contribution in [1.29, 1.82) is 0 Å². The number of hydrogen-bond acceptors (Lipinski definition) is 4. The lowest BCUT2D eigenvalue weighted by Crippen LogP contribution is -2.32. The Balaban J connectivity index is 0.000000151. The lowest BCUT2D eigenvalue weighted by atomic mass is 10.1. The molecule has 4 nitrogen and oxygen atoms in total. The lowest BCUT2D eigenvalue weighted by Gasteiger charge is -2.21. The van der Waals surface area contributed by atoms with E-state index >= 15 is 0 Å². The molecule has 0 N–H and O–H groups in total. The van der Waals surface area contributed by atoms with Gasteiger partial charge in [0, 0.05) is 13.1 Å². The van der Waals surface area contributed by atoms with E-state index in [1.165, 1.54) is 58.3 Å². The van der Waals surface area contributed by atoms with Crippen LogP contribution in [-0.2, 0) is 4.74 Å². The summed E-state index contributed by atoms with van der Waals surface area (Å²) in [5, 5.41) is 0. The molecule has 3 aliphatic heterocycles. The fraction of sp³-hybridized carbons (Fsp3) is 1.00. The number of morpholine rings is 1. The zero-order valence-electron chi connectivity index (χ0n) is 13.9. The third-order valence-electron chi connectivity index (χ3n) is 4.14. The Hall–Kier alpha value is -0.160. The zero-order chi connectivity index (χ0) is 14.6. The van der Waals surface area contributed by atoms with Crippen molar-refractivity contribution < 1.29 is 4.74 Å². The molecule has 0 aromatic carbocycles. The van der Waals surface area contributed by atoms with Crippen molar-refractivity contribution in [3.63, 3.8) is 0 Å². The molecule has 3 rings (SSSR count). The van der Waals surface area contributed by atoms with Crippen LogP contribution in [0.2, 0.25) is 0 Å². The third kappa shape index (κ3) is 9.70. The Morgan fingerprint density at radius 1 is 0.500 bits per heavy atom. The third-order valence-corrected chi connectivity index (χ3v) is 4.14. The first-order valence-corrected chi connectivity index (χ1v) is 8.32. The Kier molecular flexibility index (Phi) is 10.3. The summed E-state index contributed by atoms with van der Waals surface area (Å²) >= 11 is 0. The highest BCUT2D eigenvalue weighted by Crippen LogP contribution is 2.04. The maximum atomic E-state index is 5.10. The fourth-order valence-corrected chi connectivity index (χ4v) is 2.58. The summed E-state index contributed by atoms with van der Waals surface area (Å²) in [6, 6.07) is 0. The molecule has 120 valence electrons. The number of piperidine rings is 1. The number of likely N-dealkylation sites (tertiary alicyclic amines) is 2. The van der Waals surface area contributed by atoms with Gasteiger partial charge in [0.2, 0.25) is 0 Å². The smallest absolute Gasteiger partial charge is 0.0594 e. The number of hydrogen-bond donors (Lipinski definition) is 0. The Morgan fingerprint density at radius 2 is 0.850 bits per heavy atom. The van der Waals surface area contributed by atoms with E-state index in [2.05, 4.69) is 35.8 Å². The molecule has 20 heavy (non-hydrogen) atoms. The van der Waals surface area contributed by atoms with Gasteiger partial charge < -0.3 is 19.4 Å². The molecule has 3 heterocycles. The largest absolute Gasteiger partial charge is 0.379 e. The first-order valence-electron chi connectivity index (χ1n) is 8.32. The highest BCUT2D eigenvalue weighted by molar-refractivity contribution is 4.59. The van der Waals surface area contributed by atoms with E-state index < -0.39 is 0 Å². The first-order chi connectivity index (χ1) is 9.68. The summed E-state index contributed by atoms with van der Waals surface area (Å²) in [6.45, 7) is 9.30. The summed E-state index contributed by atoms with van der Waals surface area (Å²) in [6.07, 6.45) is 7.10. The molecule has 3 fully saturated rings. The summed E-state index contributed by atoms with van der Waals surface area (Å²) in [5.41, 5.74) is 0. The molecule has 0 unspecified atom stereocenters. The van der Waals surface area contributed by atoms with Crippen LogP contribution in [0.1, 0.15) is 32.1 Å². The normalized spacial score (nSPS) is 25.4. The molecule has 3 aliphatic rings. The van der Waals surface area contributed by atoms with Crippen molar-refractivity contribution in [1.82, 2.24) is 14.7 Å². The molecule has 0 aromatic heterocycles. The quantitative estimate of drug-likeness (QED) is 0.675. The molecule has 0 aromatic rings. The van der Waals surface area contributed by atoms with Crippen molar-refractivity contribution >= 4 is 0 Å². The van der Waals surface area contributed by atoms with Gasteiger partial charge >= 0.3 is 0 Å². The molecule has 0 aliphatic carbocycles. The topological polar surface area (TPSA) is 19.0 Å². The zero-order valence-corrected chi connectivity index (χ0v) is 13.9. The predicted octanol–water partition coefficient (Wildman–Crippen LogP) is 1.76. The Morgan fingerprint density at radius 3 is 1.05 bits per heavy atom. The standard InChI is InChI=1S/C6H13N.C5H11NO.C5H11N/c1-7-5-3-2-4-6-7;1-6-2-4-7-5-3-6;1-6-4-2-3-5-6/h2-6H2,1H3;2-5H2,1H3;2-5H2,1H3. The summed E-state index contributed by atoms with van der Waals surface area (Å²) in [7, 11) is 6.48. The van der Waals surface area contributed by atoms with Crippen molar-refractivity contribution in [3.05, 3.63) is 0 Å². The SMILES string of the molecule is CN1CCCC1.CN1CCCCC1.CN1CCOCC1. The lowest BCUT2D eigenvalue weighted by molar-refractivity contribution is 0.0503. The van der Waals surface area contributed by atoms with E-state index in [0.29, 0.717) is 0 Å². The van der Waals surface area contributed by atoms with Crippen molar-refractivity contribution in [3.8, 4) is 0 Å². The van der Waals surface area contributed by atoms with Gasteiger partial charge in [0.25, 0.3) is 0 Å². The van der Waals surface area contributed by atoms with Gasteiger partial charge in [-0.2, -0.15) is 0 Å². The Bertz CT molecular complexity index is 192. The van der Waals surface area contributed by atoms with Crippen LogP contribution < -0.4 is 0 Å². The number of rotatable bonds is 0. The molecule has 0 radical (unpaired) electrons. The monoisotopic (exact) mass is 285 g/mol. The van der Waals surface area contributed by atoms with Crippen LogP contribution in [0, 0.1) is 0 Å². The van der Waals surface area contributed by atoms with E-state index in [9.17, 15) is 0 Å². The molecular formula is C16H35N3O. The predicted molar refractivity (Wildman–Crippen MR) is 86.4 cm³/mol. The Labute approximate surface area is 126 Å². The van der Waals surface area contributed by atoms with Gasteiger partial charge in [-0.3, -0.25) is 0 Å². The molecule has 0 bridgehead atoms. The van der Waals surface area contributed by atoms with Gasteiger partial charge in [-0.1, -0.05) is 6.42 Å². The van der Waals surface area contributed by atoms with Crippen LogP contribution in [0.3, 0.4) is 0 Å². The number of ether oxygens (including phenoxy) is 1. The van der Waals surface area contributed by atoms with Gasteiger partial charge in [-0.25, -0.2) is 0 Å². The second-order valence-electron chi connectivity index (χ2n) is 6.29. The van der Waals surface area contributed by atoms with Crippen LogP contribution in [0.15, 0.2) is 0 Å². The van der Waals surface area contributed by atoms with Crippen molar-refractivity contribution in [2.24, 2.45) is 0 Å². The minimum Gasteiger partial charge on any atom is -0.379 e. The van der Waals surface area contributed by atoms with Crippen LogP contribution in [0.25, 0.3) is 0 Å². The molecule has 0 saturated carbocycles. The second-order valence-corrected chi connectivity index (χ2v) is 6.29. The summed E-state index contributed by atoms with van der Waals surface area (Å²) < 4.78 is 5.10. The second kappa shape index (κ2) is 11.5. The van der Waals surface area contributed by atoms with E-state index in [4.69, 9.17) is 4.74 Å². The van der Waals surface area contributed by atoms with Crippen molar-refractivity contribution in [2.45, 2.75) is 32.1 Å². The first kappa shape index (κ1) is 17.9. The van der Waals surface area contributed by atoms with Gasteiger partial charge in [0.05, 0.1) is 13.2 Å². The van der Waals surface area contributed by atoms with Crippen LogP contribution in [0.5, 0.6) is 0 Å². The molecule has 0 atom stereocenters. The molecule has 0 spiro atoms. The highest BCUT2D eigenvalue weighted by atomic mass is 16.5. The minimum absolute atomic E-state index is 0.913. The summed E-state index contributed by atoms with van der Waals surface area (Å²) in [5.74, 6) is 0.